The fourth-order valence-electron chi connectivity index (χ4n) is 2.97. The minimum Gasteiger partial charge on any atom is -0.359 e. The molecule has 1 N–H and O–H groups in total. The van der Waals surface area contributed by atoms with Crippen molar-refractivity contribution in [2.75, 3.05) is 0 Å². The molecule has 0 unspecified atom stereocenters. The molecule has 0 bridgehead atoms. The molecular formula is C17H19N5O5S. The van der Waals surface area contributed by atoms with E-state index in [0.29, 0.717) is 11.5 Å². The quantitative estimate of drug-likeness (QED) is 0.645. The third-order valence-corrected chi connectivity index (χ3v) is 6.44. The van der Waals surface area contributed by atoms with E-state index in [-0.39, 0.29) is 22.5 Å². The SMILES string of the molecule is Cc1cc(Cn2c(=O)c3cc(S(=O)(=O)NC4(C)CC4)cnc3n(C)c2=O)on1. The van der Waals surface area contributed by atoms with E-state index in [1.165, 1.54) is 17.7 Å². The summed E-state index contributed by atoms with van der Waals surface area (Å²) in [4.78, 5) is 29.5. The van der Waals surface area contributed by atoms with Crippen LogP contribution in [0.15, 0.2) is 37.3 Å². The molecule has 28 heavy (non-hydrogen) atoms. The van der Waals surface area contributed by atoms with Crippen LogP contribution in [-0.2, 0) is 23.6 Å². The Morgan fingerprint density at radius 3 is 2.61 bits per heavy atom. The van der Waals surface area contributed by atoms with Crippen LogP contribution in [-0.4, -0.2) is 33.2 Å². The van der Waals surface area contributed by atoms with Crippen LogP contribution in [0.2, 0.25) is 0 Å². The molecule has 4 rings (SSSR count). The van der Waals surface area contributed by atoms with E-state index in [1.54, 1.807) is 13.0 Å². The summed E-state index contributed by atoms with van der Waals surface area (Å²) in [6, 6.07) is 2.87. The van der Waals surface area contributed by atoms with Crippen LogP contribution < -0.4 is 16.0 Å². The third kappa shape index (κ3) is 3.16. The fourth-order valence-corrected chi connectivity index (χ4v) is 4.41. The number of nitrogens with zero attached hydrogens (tertiary/aromatic N) is 4. The maximum atomic E-state index is 12.9. The van der Waals surface area contributed by atoms with Gasteiger partial charge in [-0.2, -0.15) is 0 Å². The molecule has 3 aromatic heterocycles. The Bertz CT molecular complexity index is 1310. The minimum absolute atomic E-state index is 0.0298. The van der Waals surface area contributed by atoms with Gasteiger partial charge in [-0.3, -0.25) is 13.9 Å². The molecule has 0 amide bonds. The predicted molar refractivity (Wildman–Crippen MR) is 99.5 cm³/mol. The molecule has 1 aliphatic rings. The predicted octanol–water partition coefficient (Wildman–Crippen LogP) is 0.271. The summed E-state index contributed by atoms with van der Waals surface area (Å²) in [5.41, 5.74) is -0.957. The molecule has 0 atom stereocenters. The molecule has 0 spiro atoms. The number of hydrogen-bond acceptors (Lipinski definition) is 7. The number of fused-ring (bicyclic) bond motifs is 1. The zero-order valence-corrected chi connectivity index (χ0v) is 16.4. The van der Waals surface area contributed by atoms with Gasteiger partial charge in [0.15, 0.2) is 5.76 Å². The van der Waals surface area contributed by atoms with Crippen molar-refractivity contribution < 1.29 is 12.9 Å². The van der Waals surface area contributed by atoms with E-state index in [2.05, 4.69) is 14.9 Å². The molecule has 0 radical (unpaired) electrons. The van der Waals surface area contributed by atoms with Crippen molar-refractivity contribution in [1.82, 2.24) is 24.0 Å². The summed E-state index contributed by atoms with van der Waals surface area (Å²) >= 11 is 0. The number of sulfonamides is 1. The van der Waals surface area contributed by atoms with Gasteiger partial charge in [0, 0.05) is 24.8 Å². The summed E-state index contributed by atoms with van der Waals surface area (Å²) in [5.74, 6) is 0.344. The summed E-state index contributed by atoms with van der Waals surface area (Å²) in [6.07, 6.45) is 2.66. The highest BCUT2D eigenvalue weighted by atomic mass is 32.2. The molecule has 0 saturated heterocycles. The maximum absolute atomic E-state index is 12.9. The van der Waals surface area contributed by atoms with Gasteiger partial charge in [-0.1, -0.05) is 5.16 Å². The van der Waals surface area contributed by atoms with Gasteiger partial charge in [0.05, 0.1) is 17.6 Å². The topological polar surface area (TPSA) is 129 Å². The van der Waals surface area contributed by atoms with Crippen molar-refractivity contribution >= 4 is 21.1 Å². The Hall–Kier alpha value is -2.79. The first-order chi connectivity index (χ1) is 13.1. The standard InChI is InChI=1S/C17H19N5O5S/c1-10-6-11(27-19-10)9-22-15(23)13-7-12(8-18-14(13)21(3)16(22)24)28(25,26)20-17(2)4-5-17/h6-8,20H,4-5,9H2,1-3H3. The Balaban J connectivity index is 1.86. The summed E-state index contributed by atoms with van der Waals surface area (Å²) < 4.78 is 35.1. The lowest BCUT2D eigenvalue weighted by Crippen LogP contribution is -2.40. The lowest BCUT2D eigenvalue weighted by molar-refractivity contribution is 0.369. The van der Waals surface area contributed by atoms with E-state index in [0.717, 1.165) is 23.6 Å². The minimum atomic E-state index is -3.83. The molecule has 1 aliphatic carbocycles. The van der Waals surface area contributed by atoms with Crippen LogP contribution in [0, 0.1) is 6.92 Å². The van der Waals surface area contributed by atoms with Gasteiger partial charge < -0.3 is 4.52 Å². The average molecular weight is 405 g/mol. The molecule has 11 heteroatoms. The summed E-state index contributed by atoms with van der Waals surface area (Å²) in [5, 5.41) is 3.77. The molecule has 1 fully saturated rings. The second-order valence-corrected chi connectivity index (χ2v) is 9.06. The fraction of sp³-hybridized carbons (Fsp3) is 0.412. The van der Waals surface area contributed by atoms with Crippen molar-refractivity contribution in [3.05, 3.63) is 50.6 Å². The van der Waals surface area contributed by atoms with Gasteiger partial charge in [0.2, 0.25) is 10.0 Å². The smallest absolute Gasteiger partial charge is 0.332 e. The van der Waals surface area contributed by atoms with E-state index >= 15 is 0 Å². The van der Waals surface area contributed by atoms with Crippen LogP contribution in [0.25, 0.3) is 11.0 Å². The zero-order chi connectivity index (χ0) is 20.3. The van der Waals surface area contributed by atoms with Crippen LogP contribution in [0.4, 0.5) is 0 Å². The largest absolute Gasteiger partial charge is 0.359 e. The highest BCUT2D eigenvalue weighted by molar-refractivity contribution is 7.89. The van der Waals surface area contributed by atoms with Crippen molar-refractivity contribution in [1.29, 1.82) is 0 Å². The molecule has 3 heterocycles. The van der Waals surface area contributed by atoms with Crippen molar-refractivity contribution in [2.24, 2.45) is 7.05 Å². The number of nitrogens with one attached hydrogen (secondary N) is 1. The van der Waals surface area contributed by atoms with E-state index in [9.17, 15) is 18.0 Å². The van der Waals surface area contributed by atoms with Crippen molar-refractivity contribution in [2.45, 2.75) is 43.7 Å². The van der Waals surface area contributed by atoms with Gasteiger partial charge in [0.1, 0.15) is 10.5 Å². The van der Waals surface area contributed by atoms with Crippen molar-refractivity contribution in [3.63, 3.8) is 0 Å². The number of pyridine rings is 1. The Labute approximate surface area is 159 Å². The molecule has 148 valence electrons. The van der Waals surface area contributed by atoms with Gasteiger partial charge in [0.25, 0.3) is 5.56 Å². The lowest BCUT2D eigenvalue weighted by atomic mass is 10.3. The van der Waals surface area contributed by atoms with E-state index < -0.39 is 26.8 Å². The number of hydrogen-bond donors (Lipinski definition) is 1. The zero-order valence-electron chi connectivity index (χ0n) is 15.6. The number of aryl methyl sites for hydroxylation is 2. The molecular weight excluding hydrogens is 386 g/mol. The molecule has 0 aliphatic heterocycles. The monoisotopic (exact) mass is 405 g/mol. The highest BCUT2D eigenvalue weighted by Crippen LogP contribution is 2.35. The summed E-state index contributed by atoms with van der Waals surface area (Å²) in [6.45, 7) is 3.42. The Kier molecular flexibility index (Phi) is 4.05. The number of aromatic nitrogens is 4. The first kappa shape index (κ1) is 18.6. The van der Waals surface area contributed by atoms with E-state index in [4.69, 9.17) is 4.52 Å². The van der Waals surface area contributed by atoms with Crippen LogP contribution in [0.5, 0.6) is 0 Å². The van der Waals surface area contributed by atoms with Crippen LogP contribution >= 0.6 is 0 Å². The lowest BCUT2D eigenvalue weighted by Gasteiger charge is -2.13. The average Bonchev–Trinajstić information content (AvgIpc) is 3.20. The normalized spacial score (nSPS) is 15.8. The number of rotatable bonds is 5. The van der Waals surface area contributed by atoms with Gasteiger partial charge in [-0.05, 0) is 32.8 Å². The summed E-state index contributed by atoms with van der Waals surface area (Å²) in [7, 11) is -2.36. The first-order valence-electron chi connectivity index (χ1n) is 8.65. The second-order valence-electron chi connectivity index (χ2n) is 7.38. The second kappa shape index (κ2) is 6.11. The van der Waals surface area contributed by atoms with E-state index in [1.807, 2.05) is 6.92 Å². The molecule has 10 nitrogen and oxygen atoms in total. The molecule has 3 aromatic rings. The van der Waals surface area contributed by atoms with Crippen LogP contribution in [0.3, 0.4) is 0 Å². The Morgan fingerprint density at radius 1 is 1.29 bits per heavy atom. The molecule has 0 aromatic carbocycles. The van der Waals surface area contributed by atoms with Gasteiger partial charge >= 0.3 is 5.69 Å². The van der Waals surface area contributed by atoms with Crippen LogP contribution in [0.1, 0.15) is 31.2 Å². The third-order valence-electron chi connectivity index (χ3n) is 4.83. The highest BCUT2D eigenvalue weighted by Gasteiger charge is 2.41. The Morgan fingerprint density at radius 2 is 2.00 bits per heavy atom. The first-order valence-corrected chi connectivity index (χ1v) is 10.1. The maximum Gasteiger partial charge on any atom is 0.332 e. The van der Waals surface area contributed by atoms with Crippen molar-refractivity contribution in [3.8, 4) is 0 Å². The van der Waals surface area contributed by atoms with Gasteiger partial charge in [-0.15, -0.1) is 0 Å². The molecule has 1 saturated carbocycles. The van der Waals surface area contributed by atoms with Gasteiger partial charge in [-0.25, -0.2) is 22.9 Å².